The van der Waals surface area contributed by atoms with E-state index >= 15 is 0 Å². The van der Waals surface area contributed by atoms with E-state index in [1.807, 2.05) is 0 Å². The van der Waals surface area contributed by atoms with Crippen molar-refractivity contribution in [2.24, 2.45) is 0 Å². The van der Waals surface area contributed by atoms with E-state index in [-0.39, 0.29) is 34.6 Å². The first-order chi connectivity index (χ1) is 11.6. The Morgan fingerprint density at radius 2 is 1.00 bits per heavy atom. The molecule has 6 heteroatoms. The largest absolute Gasteiger partial charge is 0.492 e. The first-order valence-corrected chi connectivity index (χ1v) is 7.17. The number of ether oxygens (including phenoxy) is 4. The fourth-order valence-corrected chi connectivity index (χ4v) is 2.91. The van der Waals surface area contributed by atoms with Crippen molar-refractivity contribution in [2.45, 2.75) is 0 Å². The van der Waals surface area contributed by atoms with E-state index < -0.39 is 0 Å². The molecule has 0 saturated heterocycles. The lowest BCUT2D eigenvalue weighted by atomic mass is 9.91. The monoisotopic (exact) mass is 328 g/mol. The average Bonchev–Trinajstić information content (AvgIpc) is 2.60. The molecule has 3 rings (SSSR count). The third-order valence-electron chi connectivity index (χ3n) is 4.04. The summed E-state index contributed by atoms with van der Waals surface area (Å²) in [5.41, 5.74) is 1.41. The molecule has 0 bridgehead atoms. The SMILES string of the molecule is COC1=Cc2c3c(ccc2=C(OC)C1=O)=C(OC)C(=O)C(OC)=C3. The first kappa shape index (κ1) is 15.9. The molecule has 0 unspecified atom stereocenters. The van der Waals surface area contributed by atoms with Crippen LogP contribution in [0.4, 0.5) is 0 Å². The lowest BCUT2D eigenvalue weighted by Crippen LogP contribution is -2.32. The molecule has 2 aliphatic rings. The van der Waals surface area contributed by atoms with Crippen molar-refractivity contribution in [2.75, 3.05) is 28.4 Å². The molecule has 0 fully saturated rings. The van der Waals surface area contributed by atoms with Crippen molar-refractivity contribution in [3.63, 3.8) is 0 Å². The highest BCUT2D eigenvalue weighted by Crippen LogP contribution is 2.23. The molecule has 0 amide bonds. The van der Waals surface area contributed by atoms with E-state index in [0.717, 1.165) is 0 Å². The number of carbonyl (C=O) groups is 2. The molecule has 0 saturated carbocycles. The molecule has 0 atom stereocenters. The van der Waals surface area contributed by atoms with Gasteiger partial charge in [-0.05, 0) is 35.4 Å². The van der Waals surface area contributed by atoms with Crippen LogP contribution in [0.25, 0.3) is 23.7 Å². The topological polar surface area (TPSA) is 71.1 Å². The molecule has 1 aromatic carbocycles. The van der Waals surface area contributed by atoms with Gasteiger partial charge in [-0.2, -0.15) is 0 Å². The Kier molecular flexibility index (Phi) is 3.89. The van der Waals surface area contributed by atoms with Gasteiger partial charge in [0.05, 0.1) is 28.4 Å². The lowest BCUT2D eigenvalue weighted by Gasteiger charge is -2.19. The van der Waals surface area contributed by atoms with Crippen LogP contribution in [0.5, 0.6) is 0 Å². The van der Waals surface area contributed by atoms with Crippen LogP contribution in [0.2, 0.25) is 0 Å². The molecule has 0 aromatic heterocycles. The number of ketones is 2. The zero-order valence-electron chi connectivity index (χ0n) is 13.8. The Labute approximate surface area is 138 Å². The van der Waals surface area contributed by atoms with E-state index in [1.165, 1.54) is 28.4 Å². The van der Waals surface area contributed by atoms with Crippen molar-refractivity contribution >= 4 is 35.2 Å². The highest BCUT2D eigenvalue weighted by atomic mass is 16.5. The molecule has 0 aliphatic heterocycles. The van der Waals surface area contributed by atoms with Crippen LogP contribution < -0.4 is 10.4 Å². The van der Waals surface area contributed by atoms with E-state index in [0.29, 0.717) is 21.6 Å². The van der Waals surface area contributed by atoms with Gasteiger partial charge in [0.15, 0.2) is 23.0 Å². The normalized spacial score (nSPS) is 16.0. The maximum atomic E-state index is 12.3. The summed E-state index contributed by atoms with van der Waals surface area (Å²) in [6, 6.07) is 3.46. The fourth-order valence-electron chi connectivity index (χ4n) is 2.91. The number of hydrogen-bond acceptors (Lipinski definition) is 6. The van der Waals surface area contributed by atoms with Crippen LogP contribution >= 0.6 is 0 Å². The predicted molar refractivity (Wildman–Crippen MR) is 86.5 cm³/mol. The minimum Gasteiger partial charge on any atom is -0.492 e. The quantitative estimate of drug-likeness (QED) is 0.794. The van der Waals surface area contributed by atoms with Gasteiger partial charge in [-0.3, -0.25) is 9.59 Å². The third kappa shape index (κ3) is 2.11. The van der Waals surface area contributed by atoms with Crippen molar-refractivity contribution in [1.82, 2.24) is 0 Å². The Morgan fingerprint density at radius 1 is 0.625 bits per heavy atom. The number of rotatable bonds is 4. The molecule has 1 aromatic rings. The van der Waals surface area contributed by atoms with Gasteiger partial charge in [0.2, 0.25) is 0 Å². The van der Waals surface area contributed by atoms with Gasteiger partial charge < -0.3 is 18.9 Å². The summed E-state index contributed by atoms with van der Waals surface area (Å²) in [4.78, 5) is 24.7. The number of benzene rings is 1. The summed E-state index contributed by atoms with van der Waals surface area (Å²) in [6.07, 6.45) is 3.26. The number of Topliss-reactive ketones (excluding diaryl/α,β-unsaturated/α-hetero) is 2. The molecular weight excluding hydrogens is 312 g/mol. The molecule has 6 nitrogen and oxygen atoms in total. The van der Waals surface area contributed by atoms with Gasteiger partial charge in [0.1, 0.15) is 0 Å². The van der Waals surface area contributed by atoms with Gasteiger partial charge in [0.25, 0.3) is 11.6 Å². The summed E-state index contributed by atoms with van der Waals surface area (Å²) >= 11 is 0. The summed E-state index contributed by atoms with van der Waals surface area (Å²) in [5, 5.41) is 1.25. The smallest absolute Gasteiger partial charge is 0.262 e. The maximum Gasteiger partial charge on any atom is 0.262 e. The second-order valence-corrected chi connectivity index (χ2v) is 5.14. The molecular formula is C18H16O6. The lowest BCUT2D eigenvalue weighted by molar-refractivity contribution is -0.115. The van der Waals surface area contributed by atoms with Crippen LogP contribution in [0, 0.1) is 0 Å². The van der Waals surface area contributed by atoms with Crippen LogP contribution in [0.1, 0.15) is 11.1 Å². The van der Waals surface area contributed by atoms with Gasteiger partial charge in [-0.25, -0.2) is 0 Å². The minimum atomic E-state index is -0.328. The minimum absolute atomic E-state index is 0.163. The highest BCUT2D eigenvalue weighted by molar-refractivity contribution is 6.26. The van der Waals surface area contributed by atoms with Gasteiger partial charge in [-0.1, -0.05) is 0 Å². The van der Waals surface area contributed by atoms with E-state index in [9.17, 15) is 9.59 Å². The van der Waals surface area contributed by atoms with Crippen LogP contribution in [0.15, 0.2) is 23.7 Å². The average molecular weight is 328 g/mol. The molecule has 0 spiro atoms. The standard InChI is InChI=1S/C18H16O6/c1-21-13-7-11-9(17(23-3)15(13)19)5-6-10-12(11)8-14(22-2)16(20)18(10)24-4/h5-8H,1-4H3. The number of methoxy groups -OCH3 is 4. The second-order valence-electron chi connectivity index (χ2n) is 5.14. The molecule has 24 heavy (non-hydrogen) atoms. The summed E-state index contributed by atoms with van der Waals surface area (Å²) < 4.78 is 20.9. The van der Waals surface area contributed by atoms with Crippen LogP contribution in [0.3, 0.4) is 0 Å². The Bertz CT molecular complexity index is 856. The van der Waals surface area contributed by atoms with Crippen molar-refractivity contribution in [3.8, 4) is 0 Å². The molecule has 0 N–H and O–H groups in total. The fraction of sp³-hybridized carbons (Fsp3) is 0.222. The number of carbonyl (C=O) groups excluding carboxylic acids is 2. The number of fused-ring (bicyclic) bond motifs is 3. The second kappa shape index (κ2) is 5.88. The summed E-state index contributed by atoms with van der Waals surface area (Å²) in [5.74, 6) is 0.0511. The predicted octanol–water partition coefficient (Wildman–Crippen LogP) is 0.336. The van der Waals surface area contributed by atoms with E-state index in [2.05, 4.69) is 0 Å². The van der Waals surface area contributed by atoms with Gasteiger partial charge >= 0.3 is 0 Å². The zero-order valence-corrected chi connectivity index (χ0v) is 13.8. The summed E-state index contributed by atoms with van der Waals surface area (Å²) in [6.45, 7) is 0. The summed E-state index contributed by atoms with van der Waals surface area (Å²) in [7, 11) is 5.71. The Hall–Kier alpha value is -3.02. The Balaban J connectivity index is 2.48. The highest BCUT2D eigenvalue weighted by Gasteiger charge is 2.29. The molecule has 0 heterocycles. The van der Waals surface area contributed by atoms with Gasteiger partial charge in [0, 0.05) is 10.4 Å². The van der Waals surface area contributed by atoms with Crippen molar-refractivity contribution in [3.05, 3.63) is 45.2 Å². The van der Waals surface area contributed by atoms with E-state index in [1.54, 1.807) is 24.3 Å². The molecule has 124 valence electrons. The van der Waals surface area contributed by atoms with E-state index in [4.69, 9.17) is 18.9 Å². The van der Waals surface area contributed by atoms with Gasteiger partial charge in [-0.15, -0.1) is 0 Å². The molecule has 2 aliphatic carbocycles. The zero-order chi connectivity index (χ0) is 17.4. The van der Waals surface area contributed by atoms with Crippen molar-refractivity contribution in [1.29, 1.82) is 0 Å². The maximum absolute atomic E-state index is 12.3. The van der Waals surface area contributed by atoms with Crippen molar-refractivity contribution < 1.29 is 28.5 Å². The Morgan fingerprint density at radius 3 is 1.29 bits per heavy atom. The first-order valence-electron chi connectivity index (χ1n) is 7.17. The molecule has 0 radical (unpaired) electrons. The van der Waals surface area contributed by atoms with Crippen LogP contribution in [-0.2, 0) is 28.5 Å². The number of hydrogen-bond donors (Lipinski definition) is 0. The van der Waals surface area contributed by atoms with Crippen LogP contribution in [-0.4, -0.2) is 40.0 Å². The third-order valence-corrected chi connectivity index (χ3v) is 4.04.